The second-order valence-electron chi connectivity index (χ2n) is 6.51. The molecule has 0 saturated carbocycles. The number of hydrogen-bond acceptors (Lipinski definition) is 2. The highest BCUT2D eigenvalue weighted by Crippen LogP contribution is 2.23. The Morgan fingerprint density at radius 1 is 1.26 bits per heavy atom. The molecule has 0 radical (unpaired) electrons. The Morgan fingerprint density at radius 2 is 2.13 bits per heavy atom. The Bertz CT molecular complexity index is 752. The number of benzene rings is 1. The third-order valence-corrected chi connectivity index (χ3v) is 5.08. The summed E-state index contributed by atoms with van der Waals surface area (Å²) < 4.78 is 0. The summed E-state index contributed by atoms with van der Waals surface area (Å²) in [6.07, 6.45) is 4.88. The summed E-state index contributed by atoms with van der Waals surface area (Å²) in [5, 5.41) is 1.12. The Hall–Kier alpha value is -2.30. The highest BCUT2D eigenvalue weighted by Gasteiger charge is 2.34. The Balaban J connectivity index is 1.43. The van der Waals surface area contributed by atoms with Crippen molar-refractivity contribution in [3.63, 3.8) is 0 Å². The number of aromatic amines is 1. The fourth-order valence-electron chi connectivity index (χ4n) is 3.83. The van der Waals surface area contributed by atoms with Crippen molar-refractivity contribution in [1.29, 1.82) is 0 Å². The molecule has 1 unspecified atom stereocenters. The molecule has 0 bridgehead atoms. The van der Waals surface area contributed by atoms with Crippen LogP contribution >= 0.6 is 0 Å². The summed E-state index contributed by atoms with van der Waals surface area (Å²) in [6, 6.07) is 8.27. The largest absolute Gasteiger partial charge is 0.361 e. The van der Waals surface area contributed by atoms with Crippen molar-refractivity contribution in [2.75, 3.05) is 19.6 Å². The van der Waals surface area contributed by atoms with Gasteiger partial charge in [0.15, 0.2) is 0 Å². The van der Waals surface area contributed by atoms with Crippen LogP contribution in [0.25, 0.3) is 10.9 Å². The molecule has 2 aliphatic heterocycles. The third-order valence-electron chi connectivity index (χ3n) is 5.08. The molecule has 1 atom stereocenters. The SMILES string of the molecule is O=C(Cc1c[nH]c2ccccc12)N1CCC(N2CCCC2=O)C1. The third kappa shape index (κ3) is 2.60. The van der Waals surface area contributed by atoms with E-state index in [1.807, 2.05) is 40.3 Å². The van der Waals surface area contributed by atoms with Crippen LogP contribution in [0.15, 0.2) is 30.5 Å². The second kappa shape index (κ2) is 5.72. The topological polar surface area (TPSA) is 56.4 Å². The molecule has 5 heteroatoms. The quantitative estimate of drug-likeness (QED) is 0.942. The van der Waals surface area contributed by atoms with Gasteiger partial charge in [0.1, 0.15) is 0 Å². The van der Waals surface area contributed by atoms with Crippen LogP contribution in [0.1, 0.15) is 24.8 Å². The number of H-pyrrole nitrogens is 1. The zero-order valence-corrected chi connectivity index (χ0v) is 13.1. The summed E-state index contributed by atoms with van der Waals surface area (Å²) in [5.74, 6) is 0.407. The first kappa shape index (κ1) is 14.3. The lowest BCUT2D eigenvalue weighted by Crippen LogP contribution is -2.39. The molecule has 2 saturated heterocycles. The lowest BCUT2D eigenvalue weighted by Gasteiger charge is -2.24. The summed E-state index contributed by atoms with van der Waals surface area (Å²) in [6.45, 7) is 2.30. The van der Waals surface area contributed by atoms with Crippen molar-refractivity contribution in [1.82, 2.24) is 14.8 Å². The minimum absolute atomic E-state index is 0.156. The molecule has 2 fully saturated rings. The normalized spacial score (nSPS) is 21.6. The first-order valence-corrected chi connectivity index (χ1v) is 8.34. The second-order valence-corrected chi connectivity index (χ2v) is 6.51. The van der Waals surface area contributed by atoms with E-state index >= 15 is 0 Å². The van der Waals surface area contributed by atoms with Crippen LogP contribution in [-0.2, 0) is 16.0 Å². The van der Waals surface area contributed by atoms with Crippen LogP contribution in [0.3, 0.4) is 0 Å². The molecule has 2 aromatic rings. The molecule has 23 heavy (non-hydrogen) atoms. The van der Waals surface area contributed by atoms with E-state index in [0.717, 1.165) is 42.4 Å². The number of aromatic nitrogens is 1. The molecule has 3 heterocycles. The van der Waals surface area contributed by atoms with Crippen LogP contribution in [-0.4, -0.2) is 52.3 Å². The molecule has 1 aromatic heterocycles. The Labute approximate surface area is 135 Å². The molecule has 5 nitrogen and oxygen atoms in total. The molecule has 4 rings (SSSR count). The van der Waals surface area contributed by atoms with Gasteiger partial charge in [-0.3, -0.25) is 9.59 Å². The van der Waals surface area contributed by atoms with Crippen LogP contribution in [0, 0.1) is 0 Å². The molecule has 1 aromatic carbocycles. The van der Waals surface area contributed by atoms with E-state index in [-0.39, 0.29) is 17.9 Å². The molecule has 0 aliphatic carbocycles. The van der Waals surface area contributed by atoms with Crippen molar-refractivity contribution < 1.29 is 9.59 Å². The number of nitrogens with one attached hydrogen (secondary N) is 1. The summed E-state index contributed by atoms with van der Waals surface area (Å²) in [4.78, 5) is 31.6. The first-order chi connectivity index (χ1) is 11.2. The maximum Gasteiger partial charge on any atom is 0.227 e. The molecule has 2 aliphatic rings. The molecule has 0 spiro atoms. The first-order valence-electron chi connectivity index (χ1n) is 8.34. The average Bonchev–Trinajstić information content (AvgIpc) is 3.27. The number of para-hydroxylation sites is 1. The number of hydrogen-bond donors (Lipinski definition) is 1. The number of nitrogens with zero attached hydrogens (tertiary/aromatic N) is 2. The van der Waals surface area contributed by atoms with Gasteiger partial charge in [-0.05, 0) is 24.5 Å². The molecule has 2 amide bonds. The van der Waals surface area contributed by atoms with Crippen molar-refractivity contribution in [3.05, 3.63) is 36.0 Å². The van der Waals surface area contributed by atoms with E-state index in [9.17, 15) is 9.59 Å². The number of fused-ring (bicyclic) bond motifs is 1. The van der Waals surface area contributed by atoms with Crippen LogP contribution < -0.4 is 0 Å². The highest BCUT2D eigenvalue weighted by molar-refractivity contribution is 5.89. The number of rotatable bonds is 3. The van der Waals surface area contributed by atoms with Gasteiger partial charge in [0.25, 0.3) is 0 Å². The maximum absolute atomic E-state index is 12.6. The van der Waals surface area contributed by atoms with Gasteiger partial charge in [-0.1, -0.05) is 18.2 Å². The number of carbonyl (C=O) groups is 2. The standard InChI is InChI=1S/C18H21N3O2/c22-17-6-3-8-21(17)14-7-9-20(12-14)18(23)10-13-11-19-16-5-2-1-4-15(13)16/h1-2,4-5,11,14,19H,3,6-10,12H2. The van der Waals surface area contributed by atoms with E-state index in [4.69, 9.17) is 0 Å². The number of likely N-dealkylation sites (tertiary alicyclic amines) is 2. The van der Waals surface area contributed by atoms with Crippen LogP contribution in [0.5, 0.6) is 0 Å². The fourth-order valence-corrected chi connectivity index (χ4v) is 3.83. The number of carbonyl (C=O) groups excluding carboxylic acids is 2. The smallest absolute Gasteiger partial charge is 0.227 e. The van der Waals surface area contributed by atoms with Gasteiger partial charge in [0.2, 0.25) is 11.8 Å². The predicted octanol–water partition coefficient (Wildman–Crippen LogP) is 1.93. The van der Waals surface area contributed by atoms with Gasteiger partial charge >= 0.3 is 0 Å². The van der Waals surface area contributed by atoms with Gasteiger partial charge < -0.3 is 14.8 Å². The van der Waals surface area contributed by atoms with Crippen LogP contribution in [0.4, 0.5) is 0 Å². The summed E-state index contributed by atoms with van der Waals surface area (Å²) in [7, 11) is 0. The van der Waals surface area contributed by atoms with E-state index in [0.29, 0.717) is 19.4 Å². The van der Waals surface area contributed by atoms with Crippen molar-refractivity contribution in [2.24, 2.45) is 0 Å². The Morgan fingerprint density at radius 3 is 2.96 bits per heavy atom. The zero-order valence-electron chi connectivity index (χ0n) is 13.1. The van der Waals surface area contributed by atoms with Gasteiger partial charge in [-0.25, -0.2) is 0 Å². The van der Waals surface area contributed by atoms with E-state index in [2.05, 4.69) is 4.98 Å². The lowest BCUT2D eigenvalue weighted by molar-refractivity contribution is -0.132. The van der Waals surface area contributed by atoms with E-state index < -0.39 is 0 Å². The minimum Gasteiger partial charge on any atom is -0.361 e. The van der Waals surface area contributed by atoms with Gasteiger partial charge in [-0.2, -0.15) is 0 Å². The molecular formula is C18H21N3O2. The Kier molecular flexibility index (Phi) is 3.56. The highest BCUT2D eigenvalue weighted by atomic mass is 16.2. The maximum atomic E-state index is 12.6. The molecule has 120 valence electrons. The lowest BCUT2D eigenvalue weighted by atomic mass is 10.1. The van der Waals surface area contributed by atoms with Gasteiger partial charge in [-0.15, -0.1) is 0 Å². The van der Waals surface area contributed by atoms with E-state index in [1.165, 1.54) is 0 Å². The fraction of sp³-hybridized carbons (Fsp3) is 0.444. The minimum atomic E-state index is 0.156. The summed E-state index contributed by atoms with van der Waals surface area (Å²) in [5.41, 5.74) is 2.11. The summed E-state index contributed by atoms with van der Waals surface area (Å²) >= 11 is 0. The van der Waals surface area contributed by atoms with Crippen LogP contribution in [0.2, 0.25) is 0 Å². The monoisotopic (exact) mass is 311 g/mol. The van der Waals surface area contributed by atoms with Gasteiger partial charge in [0, 0.05) is 43.2 Å². The molecule has 1 N–H and O–H groups in total. The van der Waals surface area contributed by atoms with Crippen molar-refractivity contribution in [2.45, 2.75) is 31.7 Å². The van der Waals surface area contributed by atoms with Crippen molar-refractivity contribution in [3.8, 4) is 0 Å². The molecular weight excluding hydrogens is 290 g/mol. The zero-order chi connectivity index (χ0) is 15.8. The van der Waals surface area contributed by atoms with E-state index in [1.54, 1.807) is 0 Å². The van der Waals surface area contributed by atoms with Crippen molar-refractivity contribution >= 4 is 22.7 Å². The predicted molar refractivity (Wildman–Crippen MR) is 87.9 cm³/mol. The van der Waals surface area contributed by atoms with Gasteiger partial charge in [0.05, 0.1) is 12.5 Å². The number of amides is 2. The average molecular weight is 311 g/mol.